The van der Waals surface area contributed by atoms with Crippen LogP contribution in [0, 0.1) is 0 Å². The molecule has 3 aromatic rings. The Kier molecular flexibility index (Phi) is 5.42. The number of unbranched alkanes of at least 4 members (excludes halogenated alkanes) is 2. The van der Waals surface area contributed by atoms with Crippen LogP contribution in [0.5, 0.6) is 0 Å². The highest BCUT2D eigenvalue weighted by Gasteiger charge is 2.46. The Labute approximate surface area is 208 Å². The fourth-order valence-corrected chi connectivity index (χ4v) is 5.95. The van der Waals surface area contributed by atoms with Gasteiger partial charge >= 0.3 is 5.97 Å². The minimum Gasteiger partial charge on any atom is -0.460 e. The van der Waals surface area contributed by atoms with Crippen molar-refractivity contribution < 1.29 is 14.6 Å². The Bertz CT molecular complexity index is 1510. The van der Waals surface area contributed by atoms with Gasteiger partial charge in [0, 0.05) is 17.6 Å². The lowest BCUT2D eigenvalue weighted by Crippen LogP contribution is -2.44. The molecule has 0 amide bonds. The Hall–Kier alpha value is -3.56. The highest BCUT2D eigenvalue weighted by molar-refractivity contribution is 6.14. The van der Waals surface area contributed by atoms with E-state index >= 15 is 0 Å². The second-order valence-electron chi connectivity index (χ2n) is 9.73. The lowest BCUT2D eigenvalue weighted by molar-refractivity contribution is -0.155. The van der Waals surface area contributed by atoms with Crippen LogP contribution in [0.15, 0.2) is 34.1 Å². The smallest absolute Gasteiger partial charge is 0.316 e. The summed E-state index contributed by atoms with van der Waals surface area (Å²) in [5.74, 6) is 0.386. The summed E-state index contributed by atoms with van der Waals surface area (Å²) >= 11 is 0. The van der Waals surface area contributed by atoms with E-state index in [0.717, 1.165) is 51.9 Å². The molecule has 3 aliphatic rings. The number of esters is 1. The number of aliphatic hydroxyl groups is 1. The van der Waals surface area contributed by atoms with Crippen molar-refractivity contribution in [1.82, 2.24) is 9.55 Å². The standard InChI is InChI=1S/C27H29N5O4/c1-2-27(9-4-3-5-10-33)17-11-20-23-15(13-32(20)25(34)16(17)14-36-26(27)35)24-22-18(29-21(12-28)31-24)7-6-8-19(22)30-23/h6-8,11,33H,2-5,9-10,12-14,28H2,1H3,(H,29,31)/t27-/m0/s1. The summed E-state index contributed by atoms with van der Waals surface area (Å²) in [6.45, 7) is 2.69. The molecule has 4 N–H and O–H groups in total. The van der Waals surface area contributed by atoms with E-state index in [4.69, 9.17) is 20.4 Å². The zero-order chi connectivity index (χ0) is 25.0. The quantitative estimate of drug-likeness (QED) is 0.270. The maximum atomic E-state index is 13.8. The van der Waals surface area contributed by atoms with Crippen molar-refractivity contribution in [2.24, 2.45) is 10.7 Å². The number of anilines is 1. The van der Waals surface area contributed by atoms with Gasteiger partial charge in [0.25, 0.3) is 5.56 Å². The van der Waals surface area contributed by atoms with Gasteiger partial charge in [0.1, 0.15) is 12.4 Å². The maximum absolute atomic E-state index is 13.8. The third-order valence-electron chi connectivity index (χ3n) is 7.88. The minimum absolute atomic E-state index is 0.0200. The van der Waals surface area contributed by atoms with Gasteiger partial charge in [-0.25, -0.2) is 9.98 Å². The van der Waals surface area contributed by atoms with Gasteiger partial charge in [-0.2, -0.15) is 0 Å². The van der Waals surface area contributed by atoms with E-state index < -0.39 is 5.41 Å². The van der Waals surface area contributed by atoms with Gasteiger partial charge in [-0.3, -0.25) is 9.59 Å². The van der Waals surface area contributed by atoms with E-state index in [2.05, 4.69) is 5.32 Å². The highest BCUT2D eigenvalue weighted by Crippen LogP contribution is 2.47. The van der Waals surface area contributed by atoms with E-state index in [1.165, 1.54) is 0 Å². The van der Waals surface area contributed by atoms with Crippen molar-refractivity contribution in [3.8, 4) is 11.4 Å². The topological polar surface area (TPSA) is 132 Å². The van der Waals surface area contributed by atoms with Crippen LogP contribution in [-0.4, -0.2) is 39.6 Å². The van der Waals surface area contributed by atoms with Gasteiger partial charge < -0.3 is 25.5 Å². The highest BCUT2D eigenvalue weighted by atomic mass is 16.5. The number of nitrogens with one attached hydrogen (secondary N) is 1. The lowest BCUT2D eigenvalue weighted by Gasteiger charge is -2.36. The average molecular weight is 488 g/mol. The molecular formula is C27H29N5O4. The molecule has 2 aromatic heterocycles. The molecule has 36 heavy (non-hydrogen) atoms. The van der Waals surface area contributed by atoms with Crippen LogP contribution in [0.4, 0.5) is 11.4 Å². The summed E-state index contributed by atoms with van der Waals surface area (Å²) in [5.41, 5.74) is 11.0. The average Bonchev–Trinajstić information content (AvgIpc) is 3.27. The summed E-state index contributed by atoms with van der Waals surface area (Å²) < 4.78 is 7.32. The zero-order valence-corrected chi connectivity index (χ0v) is 20.3. The lowest BCUT2D eigenvalue weighted by atomic mass is 9.71. The van der Waals surface area contributed by atoms with Crippen LogP contribution in [0.1, 0.15) is 55.7 Å². The number of hydrogen-bond acceptors (Lipinski definition) is 8. The van der Waals surface area contributed by atoms with Crippen LogP contribution in [-0.2, 0) is 28.1 Å². The number of carbonyl (C=O) groups is 1. The van der Waals surface area contributed by atoms with Gasteiger partial charge in [-0.15, -0.1) is 0 Å². The van der Waals surface area contributed by atoms with Crippen molar-refractivity contribution in [1.29, 1.82) is 0 Å². The number of cyclic esters (lactones) is 1. The van der Waals surface area contributed by atoms with Crippen molar-refractivity contribution in [3.05, 3.63) is 51.3 Å². The molecule has 1 atom stereocenters. The molecule has 6 rings (SSSR count). The number of ether oxygens (including phenoxy) is 1. The summed E-state index contributed by atoms with van der Waals surface area (Å²) in [6, 6.07) is 7.85. The molecule has 0 radical (unpaired) electrons. The molecular weight excluding hydrogens is 458 g/mol. The molecule has 186 valence electrons. The number of rotatable bonds is 7. The Morgan fingerprint density at radius 2 is 2.08 bits per heavy atom. The molecule has 0 fully saturated rings. The molecule has 9 nitrogen and oxygen atoms in total. The van der Waals surface area contributed by atoms with Crippen molar-refractivity contribution >= 4 is 34.1 Å². The number of aromatic nitrogens is 2. The second kappa shape index (κ2) is 8.53. The van der Waals surface area contributed by atoms with Gasteiger partial charge in [0.05, 0.1) is 52.3 Å². The minimum atomic E-state index is -0.881. The first-order valence-electron chi connectivity index (χ1n) is 12.6. The summed E-state index contributed by atoms with van der Waals surface area (Å²) in [4.78, 5) is 36.8. The number of fused-ring (bicyclic) bond motifs is 5. The van der Waals surface area contributed by atoms with Gasteiger partial charge in [0.2, 0.25) is 0 Å². The number of nitrogens with two attached hydrogens (primary N) is 1. The summed E-state index contributed by atoms with van der Waals surface area (Å²) in [7, 11) is 0. The zero-order valence-electron chi connectivity index (χ0n) is 20.3. The van der Waals surface area contributed by atoms with Crippen LogP contribution in [0.2, 0.25) is 0 Å². The second-order valence-corrected chi connectivity index (χ2v) is 9.73. The number of hydrogen-bond donors (Lipinski definition) is 3. The van der Waals surface area contributed by atoms with Crippen LogP contribution >= 0.6 is 0 Å². The number of benzene rings is 1. The molecule has 0 bridgehead atoms. The fraction of sp³-hybridized carbons (Fsp3) is 0.407. The Morgan fingerprint density at radius 1 is 1.22 bits per heavy atom. The normalized spacial score (nSPS) is 19.3. The molecule has 0 unspecified atom stereocenters. The van der Waals surface area contributed by atoms with Gasteiger partial charge in [-0.1, -0.05) is 25.8 Å². The third-order valence-corrected chi connectivity index (χ3v) is 7.88. The molecule has 0 saturated heterocycles. The number of nitrogens with zero attached hydrogens (tertiary/aromatic N) is 3. The SMILES string of the molecule is CC[C@@]1(CCCCCO)C(=O)OCc2c1cc1n(c2=O)Cc2c-1nc1cccc3c1c2N=C(CN)N3. The number of amidine groups is 1. The Morgan fingerprint density at radius 3 is 2.86 bits per heavy atom. The van der Waals surface area contributed by atoms with Crippen LogP contribution in [0.25, 0.3) is 22.3 Å². The largest absolute Gasteiger partial charge is 0.460 e. The number of pyridine rings is 2. The summed E-state index contributed by atoms with van der Waals surface area (Å²) in [6.07, 6.45) is 3.35. The van der Waals surface area contributed by atoms with Crippen molar-refractivity contribution in [2.45, 2.75) is 57.6 Å². The third kappa shape index (κ3) is 3.16. The number of aliphatic hydroxyl groups excluding tert-OH is 1. The van der Waals surface area contributed by atoms with E-state index in [9.17, 15) is 14.7 Å². The van der Waals surface area contributed by atoms with Gasteiger partial charge in [-0.05, 0) is 43.0 Å². The van der Waals surface area contributed by atoms with E-state index in [0.29, 0.717) is 42.9 Å². The Balaban J connectivity index is 1.56. The van der Waals surface area contributed by atoms with Crippen LogP contribution in [0.3, 0.4) is 0 Å². The molecule has 1 aromatic carbocycles. The first kappa shape index (κ1) is 22.9. The fourth-order valence-electron chi connectivity index (χ4n) is 5.95. The molecule has 5 heterocycles. The van der Waals surface area contributed by atoms with E-state index in [1.807, 2.05) is 31.2 Å². The summed E-state index contributed by atoms with van der Waals surface area (Å²) in [5, 5.41) is 13.4. The van der Waals surface area contributed by atoms with Crippen LogP contribution < -0.4 is 16.6 Å². The molecule has 9 heteroatoms. The first-order valence-corrected chi connectivity index (χ1v) is 12.6. The molecule has 3 aliphatic heterocycles. The maximum Gasteiger partial charge on any atom is 0.316 e. The van der Waals surface area contributed by atoms with Crippen molar-refractivity contribution in [3.63, 3.8) is 0 Å². The monoisotopic (exact) mass is 487 g/mol. The molecule has 0 saturated carbocycles. The molecule has 0 spiro atoms. The first-order chi connectivity index (χ1) is 17.5. The van der Waals surface area contributed by atoms with E-state index in [1.54, 1.807) is 4.57 Å². The van der Waals surface area contributed by atoms with Crippen molar-refractivity contribution in [2.75, 3.05) is 18.5 Å². The number of aliphatic imine (C=N–C) groups is 1. The predicted octanol–water partition coefficient (Wildman–Crippen LogP) is 3.10. The van der Waals surface area contributed by atoms with E-state index in [-0.39, 0.29) is 31.3 Å². The predicted molar refractivity (Wildman–Crippen MR) is 138 cm³/mol. The van der Waals surface area contributed by atoms with Gasteiger partial charge in [0.15, 0.2) is 0 Å². The number of carbonyl (C=O) groups excluding carboxylic acids is 1. The molecule has 0 aliphatic carbocycles.